The number of nitrogens with one attached hydrogen (secondary N) is 1. The zero-order chi connectivity index (χ0) is 21.4. The van der Waals surface area contributed by atoms with Gasteiger partial charge in [-0.1, -0.05) is 40.3 Å². The van der Waals surface area contributed by atoms with E-state index >= 15 is 0 Å². The van der Waals surface area contributed by atoms with Gasteiger partial charge >= 0.3 is 5.84 Å². The summed E-state index contributed by atoms with van der Waals surface area (Å²) in [5.74, 6) is 0.839. The molecule has 0 saturated heterocycles. The number of aromatic nitrogens is 6. The lowest BCUT2D eigenvalue weighted by molar-refractivity contribution is -0.116. The number of carbonyl (C=O) groups is 1. The maximum Gasteiger partial charge on any atom is 0.328 e. The van der Waals surface area contributed by atoms with Gasteiger partial charge in [0.15, 0.2) is 10.7 Å². The minimum atomic E-state index is -0.156. The van der Waals surface area contributed by atoms with Crippen LogP contribution >= 0.6 is 11.8 Å². The predicted molar refractivity (Wildman–Crippen MR) is 117 cm³/mol. The third-order valence-electron chi connectivity index (χ3n) is 4.94. The number of thioether (sulfide) groups is 1. The maximum atomic E-state index is 12.3. The summed E-state index contributed by atoms with van der Waals surface area (Å²) in [7, 11) is 0. The van der Waals surface area contributed by atoms with Crippen molar-refractivity contribution >= 4 is 40.3 Å². The number of anilines is 1. The van der Waals surface area contributed by atoms with E-state index in [9.17, 15) is 4.79 Å². The molecular weight excluding hydrogens is 414 g/mol. The second-order valence-corrected chi connectivity index (χ2v) is 8.16. The number of hydrogen-bond acceptors (Lipinski definition) is 7. The molecule has 156 valence electrons. The second kappa shape index (κ2) is 7.88. The first-order valence-corrected chi connectivity index (χ1v) is 10.7. The van der Waals surface area contributed by atoms with Gasteiger partial charge < -0.3 is 9.73 Å². The lowest BCUT2D eigenvalue weighted by atomic mass is 10.1. The van der Waals surface area contributed by atoms with Gasteiger partial charge in [0.1, 0.15) is 6.54 Å². The normalized spacial score (nSPS) is 11.4. The fourth-order valence-corrected chi connectivity index (χ4v) is 4.05. The van der Waals surface area contributed by atoms with E-state index in [1.807, 2.05) is 60.7 Å². The van der Waals surface area contributed by atoms with E-state index in [2.05, 4.69) is 25.8 Å². The standard InChI is InChI=1S/C21H19N7O2S/c1-13-7-8-15(9-14(13)2)22-19(29)11-27-10-16(23-26-27)12-31-21-25-24-20-28(21)17-5-3-4-6-18(17)30-20/h3-10H,11-12H2,1-2H3,(H,22,29). The van der Waals surface area contributed by atoms with E-state index in [-0.39, 0.29) is 12.5 Å². The molecular formula is C21H19N7O2S. The van der Waals surface area contributed by atoms with Crippen LogP contribution in [0.1, 0.15) is 16.8 Å². The van der Waals surface area contributed by atoms with Crippen molar-refractivity contribution in [2.45, 2.75) is 31.3 Å². The van der Waals surface area contributed by atoms with Crippen LogP contribution in [-0.4, -0.2) is 35.5 Å². The van der Waals surface area contributed by atoms with E-state index in [1.165, 1.54) is 22.0 Å². The number of fused-ring (bicyclic) bond motifs is 3. The molecule has 0 unspecified atom stereocenters. The molecule has 1 N–H and O–H groups in total. The van der Waals surface area contributed by atoms with Gasteiger partial charge in [-0.3, -0.25) is 4.79 Å². The van der Waals surface area contributed by atoms with Crippen LogP contribution in [-0.2, 0) is 17.1 Å². The van der Waals surface area contributed by atoms with Crippen LogP contribution in [0, 0.1) is 13.8 Å². The van der Waals surface area contributed by atoms with Crippen molar-refractivity contribution in [2.75, 3.05) is 5.32 Å². The minimum Gasteiger partial charge on any atom is -0.422 e. The van der Waals surface area contributed by atoms with Gasteiger partial charge in [0.25, 0.3) is 0 Å². The smallest absolute Gasteiger partial charge is 0.328 e. The molecule has 0 fully saturated rings. The van der Waals surface area contributed by atoms with Crippen molar-refractivity contribution < 1.29 is 9.21 Å². The number of amides is 1. The van der Waals surface area contributed by atoms with Crippen LogP contribution < -0.4 is 5.32 Å². The summed E-state index contributed by atoms with van der Waals surface area (Å²) in [6, 6.07) is 13.6. The number of oxazole rings is 1. The molecule has 0 bridgehead atoms. The zero-order valence-corrected chi connectivity index (χ0v) is 17.8. The van der Waals surface area contributed by atoms with Gasteiger partial charge in [0.05, 0.1) is 11.2 Å². The Labute approximate surface area is 181 Å². The summed E-state index contributed by atoms with van der Waals surface area (Å²) in [5.41, 5.74) is 5.50. The number of nitrogens with zero attached hydrogens (tertiary/aromatic N) is 6. The van der Waals surface area contributed by atoms with Gasteiger partial charge in [0, 0.05) is 17.6 Å². The van der Waals surface area contributed by atoms with E-state index in [0.717, 1.165) is 28.0 Å². The highest BCUT2D eigenvalue weighted by atomic mass is 32.2. The van der Waals surface area contributed by atoms with E-state index in [1.54, 1.807) is 6.20 Å². The molecule has 0 radical (unpaired) electrons. The average molecular weight is 433 g/mol. The number of para-hydroxylation sites is 2. The Morgan fingerprint density at radius 2 is 1.97 bits per heavy atom. The first-order chi connectivity index (χ1) is 15.1. The maximum absolute atomic E-state index is 12.3. The highest BCUT2D eigenvalue weighted by Gasteiger charge is 2.15. The SMILES string of the molecule is Cc1ccc(NC(=O)Cn2cc(CSc3nnc4oc5ccccc5n34)nn2)cc1C. The Hall–Kier alpha value is -3.66. The van der Waals surface area contributed by atoms with Crippen LogP contribution in [0.5, 0.6) is 0 Å². The van der Waals surface area contributed by atoms with Gasteiger partial charge in [0.2, 0.25) is 5.91 Å². The summed E-state index contributed by atoms with van der Waals surface area (Å²) in [6.45, 7) is 4.14. The molecule has 0 saturated carbocycles. The predicted octanol–water partition coefficient (Wildman–Crippen LogP) is 3.61. The summed E-state index contributed by atoms with van der Waals surface area (Å²) < 4.78 is 9.10. The molecule has 5 aromatic rings. The molecule has 9 nitrogen and oxygen atoms in total. The van der Waals surface area contributed by atoms with Gasteiger partial charge in [-0.05, 0) is 49.2 Å². The highest BCUT2D eigenvalue weighted by molar-refractivity contribution is 7.98. The Bertz CT molecular complexity index is 1400. The number of aryl methyl sites for hydroxylation is 2. The Morgan fingerprint density at radius 3 is 2.84 bits per heavy atom. The third kappa shape index (κ3) is 3.89. The van der Waals surface area contributed by atoms with Gasteiger partial charge in [-0.2, -0.15) is 0 Å². The highest BCUT2D eigenvalue weighted by Crippen LogP contribution is 2.26. The number of carbonyl (C=O) groups excluding carboxylic acids is 1. The third-order valence-corrected chi connectivity index (χ3v) is 5.91. The number of rotatable bonds is 6. The van der Waals surface area contributed by atoms with Crippen LogP contribution in [0.4, 0.5) is 5.69 Å². The topological polar surface area (TPSA) is 103 Å². The van der Waals surface area contributed by atoms with E-state index in [4.69, 9.17) is 4.42 Å². The van der Waals surface area contributed by atoms with Gasteiger partial charge in [-0.25, -0.2) is 9.08 Å². The largest absolute Gasteiger partial charge is 0.422 e. The number of hydrogen-bond donors (Lipinski definition) is 1. The lowest BCUT2D eigenvalue weighted by Gasteiger charge is -2.07. The van der Waals surface area contributed by atoms with Crippen molar-refractivity contribution in [3.05, 3.63) is 65.5 Å². The molecule has 31 heavy (non-hydrogen) atoms. The van der Waals surface area contributed by atoms with Crippen molar-refractivity contribution in [1.82, 2.24) is 29.6 Å². The summed E-state index contributed by atoms with van der Waals surface area (Å²) >= 11 is 1.48. The summed E-state index contributed by atoms with van der Waals surface area (Å²) in [5, 5.41) is 20.1. The van der Waals surface area contributed by atoms with Crippen LogP contribution in [0.2, 0.25) is 0 Å². The second-order valence-electron chi connectivity index (χ2n) is 7.21. The number of benzene rings is 2. The first kappa shape index (κ1) is 19.3. The summed E-state index contributed by atoms with van der Waals surface area (Å²) in [6.07, 6.45) is 1.76. The molecule has 0 aliphatic heterocycles. The Kier molecular flexibility index (Phi) is 4.91. The quantitative estimate of drug-likeness (QED) is 0.408. The Morgan fingerprint density at radius 1 is 1.10 bits per heavy atom. The fourth-order valence-electron chi connectivity index (χ4n) is 3.24. The molecule has 0 atom stereocenters. The average Bonchev–Trinajstić information content (AvgIpc) is 3.45. The fraction of sp³-hybridized carbons (Fsp3) is 0.190. The van der Waals surface area contributed by atoms with Crippen LogP contribution in [0.15, 0.2) is 58.2 Å². The van der Waals surface area contributed by atoms with Crippen LogP contribution in [0.3, 0.4) is 0 Å². The van der Waals surface area contributed by atoms with Crippen molar-refractivity contribution in [2.24, 2.45) is 0 Å². The van der Waals surface area contributed by atoms with Crippen LogP contribution in [0.25, 0.3) is 16.9 Å². The van der Waals surface area contributed by atoms with Crippen molar-refractivity contribution in [1.29, 1.82) is 0 Å². The molecule has 5 rings (SSSR count). The molecule has 3 aromatic heterocycles. The first-order valence-electron chi connectivity index (χ1n) is 9.68. The molecule has 0 spiro atoms. The molecule has 3 heterocycles. The molecule has 1 amide bonds. The van der Waals surface area contributed by atoms with E-state index < -0.39 is 0 Å². The summed E-state index contributed by atoms with van der Waals surface area (Å²) in [4.78, 5) is 12.3. The Balaban J connectivity index is 1.23. The van der Waals surface area contributed by atoms with Gasteiger partial charge in [-0.15, -0.1) is 10.2 Å². The zero-order valence-electron chi connectivity index (χ0n) is 16.9. The minimum absolute atomic E-state index is 0.0894. The van der Waals surface area contributed by atoms with Crippen molar-refractivity contribution in [3.8, 4) is 0 Å². The molecule has 10 heteroatoms. The van der Waals surface area contributed by atoms with E-state index in [0.29, 0.717) is 16.8 Å². The molecule has 2 aromatic carbocycles. The molecule has 0 aliphatic rings. The van der Waals surface area contributed by atoms with Crippen molar-refractivity contribution in [3.63, 3.8) is 0 Å². The monoisotopic (exact) mass is 433 g/mol. The molecule has 0 aliphatic carbocycles. The lowest BCUT2D eigenvalue weighted by Crippen LogP contribution is -2.19.